The summed E-state index contributed by atoms with van der Waals surface area (Å²) in [4.78, 5) is 5.09. The van der Waals surface area contributed by atoms with Crippen LogP contribution in [0.2, 0.25) is 0 Å². The van der Waals surface area contributed by atoms with Crippen molar-refractivity contribution in [3.8, 4) is 0 Å². The van der Waals surface area contributed by atoms with E-state index in [0.717, 1.165) is 32.8 Å². The van der Waals surface area contributed by atoms with Crippen LogP contribution < -0.4 is 5.73 Å². The Morgan fingerprint density at radius 3 is 1.67 bits per heavy atom. The zero-order chi connectivity index (χ0) is 18.0. The fraction of sp³-hybridized carbons (Fsp3) is 0.810. The van der Waals surface area contributed by atoms with Crippen molar-refractivity contribution in [1.29, 1.82) is 0 Å². The number of hydrogen-bond donors (Lipinski definition) is 1. The van der Waals surface area contributed by atoms with Gasteiger partial charge in [-0.3, -0.25) is 9.80 Å². The Balaban J connectivity index is 2.65. The Hall–Kier alpha value is -0.640. The molecular weight excluding hydrogens is 294 g/mol. The van der Waals surface area contributed by atoms with Crippen molar-refractivity contribution in [2.24, 2.45) is 5.73 Å². The Kier molecular flexibility index (Phi) is 9.87. The third-order valence-corrected chi connectivity index (χ3v) is 4.94. The highest BCUT2D eigenvalue weighted by Crippen LogP contribution is 2.19. The first-order valence-corrected chi connectivity index (χ1v) is 9.95. The second-order valence-corrected chi connectivity index (χ2v) is 7.87. The third kappa shape index (κ3) is 7.96. The number of hydrogen-bond acceptors (Lipinski definition) is 3. The minimum absolute atomic E-state index is 0.120. The Morgan fingerprint density at radius 1 is 0.917 bits per heavy atom. The molecule has 1 fully saturated rings. The highest BCUT2D eigenvalue weighted by Gasteiger charge is 2.31. The van der Waals surface area contributed by atoms with Crippen LogP contribution in [0.3, 0.4) is 0 Å². The van der Waals surface area contributed by atoms with Crippen LogP contribution >= 0.6 is 0 Å². The summed E-state index contributed by atoms with van der Waals surface area (Å²) < 4.78 is 0. The Morgan fingerprint density at radius 2 is 1.33 bits per heavy atom. The molecule has 1 aliphatic heterocycles. The highest BCUT2D eigenvalue weighted by molar-refractivity contribution is 5.07. The second kappa shape index (κ2) is 11.1. The van der Waals surface area contributed by atoms with Gasteiger partial charge in [0.1, 0.15) is 0 Å². The van der Waals surface area contributed by atoms with Gasteiger partial charge in [0.25, 0.3) is 0 Å². The first kappa shape index (κ1) is 21.4. The molecule has 0 aromatic carbocycles. The fourth-order valence-corrected chi connectivity index (χ4v) is 3.68. The van der Waals surface area contributed by atoms with Gasteiger partial charge in [-0.2, -0.15) is 0 Å². The van der Waals surface area contributed by atoms with Gasteiger partial charge in [-0.05, 0) is 46.5 Å². The van der Waals surface area contributed by atoms with E-state index >= 15 is 0 Å². The average Bonchev–Trinajstić information content (AvgIpc) is 2.53. The molecule has 3 nitrogen and oxygen atoms in total. The molecule has 0 spiro atoms. The molecule has 1 saturated heterocycles. The van der Waals surface area contributed by atoms with Gasteiger partial charge >= 0.3 is 0 Å². The molecule has 2 N–H and O–H groups in total. The minimum atomic E-state index is -0.120. The lowest BCUT2D eigenvalue weighted by Crippen LogP contribution is -2.62. The van der Waals surface area contributed by atoms with E-state index in [1.165, 1.54) is 38.5 Å². The van der Waals surface area contributed by atoms with Crippen LogP contribution in [0.1, 0.15) is 73.1 Å². The highest BCUT2D eigenvalue weighted by atomic mass is 15.4. The molecule has 3 heteroatoms. The van der Waals surface area contributed by atoms with Crippen LogP contribution in [-0.2, 0) is 0 Å². The van der Waals surface area contributed by atoms with Crippen molar-refractivity contribution < 1.29 is 0 Å². The molecule has 1 aliphatic rings. The maximum atomic E-state index is 6.57. The molecule has 24 heavy (non-hydrogen) atoms. The monoisotopic (exact) mass is 335 g/mol. The summed E-state index contributed by atoms with van der Waals surface area (Å²) in [6, 6.07) is 0. The van der Waals surface area contributed by atoms with Gasteiger partial charge in [0.15, 0.2) is 0 Å². The predicted molar refractivity (Wildman–Crippen MR) is 107 cm³/mol. The van der Waals surface area contributed by atoms with Gasteiger partial charge in [0.2, 0.25) is 0 Å². The number of unbranched alkanes of at least 4 members (excludes halogenated alkanes) is 2. The third-order valence-electron chi connectivity index (χ3n) is 4.94. The van der Waals surface area contributed by atoms with Crippen LogP contribution in [0.4, 0.5) is 0 Å². The number of nitrogens with two attached hydrogens (primary N) is 1. The molecular formula is C21H41N3. The lowest BCUT2D eigenvalue weighted by atomic mass is 9.98. The van der Waals surface area contributed by atoms with Gasteiger partial charge in [-0.25, -0.2) is 0 Å². The lowest BCUT2D eigenvalue weighted by Gasteiger charge is -2.45. The fourth-order valence-electron chi connectivity index (χ4n) is 3.68. The van der Waals surface area contributed by atoms with Crippen molar-refractivity contribution in [2.45, 2.75) is 78.7 Å². The summed E-state index contributed by atoms with van der Waals surface area (Å²) in [6.45, 7) is 16.3. The topological polar surface area (TPSA) is 32.5 Å². The molecule has 0 amide bonds. The molecule has 0 aromatic rings. The zero-order valence-electron chi connectivity index (χ0n) is 16.9. The summed E-state index contributed by atoms with van der Waals surface area (Å²) in [5.74, 6) is 0. The molecule has 0 atom stereocenters. The quantitative estimate of drug-likeness (QED) is 0.594. The van der Waals surface area contributed by atoms with E-state index in [1.54, 1.807) is 11.1 Å². The summed E-state index contributed by atoms with van der Waals surface area (Å²) >= 11 is 0. The summed E-state index contributed by atoms with van der Waals surface area (Å²) in [5, 5.41) is 0. The molecule has 140 valence electrons. The van der Waals surface area contributed by atoms with Crippen LogP contribution in [0.25, 0.3) is 0 Å². The molecule has 0 saturated carbocycles. The summed E-state index contributed by atoms with van der Waals surface area (Å²) in [6.07, 6.45) is 12.2. The van der Waals surface area contributed by atoms with Gasteiger partial charge in [0, 0.05) is 31.7 Å². The largest absolute Gasteiger partial charge is 0.323 e. The van der Waals surface area contributed by atoms with Crippen molar-refractivity contribution >= 4 is 0 Å². The number of nitrogens with zero attached hydrogens (tertiary/aromatic N) is 2. The minimum Gasteiger partial charge on any atom is -0.323 e. The van der Waals surface area contributed by atoms with Gasteiger partial charge in [-0.15, -0.1) is 0 Å². The summed E-state index contributed by atoms with van der Waals surface area (Å²) in [5.41, 5.74) is 9.57. The van der Waals surface area contributed by atoms with Crippen LogP contribution in [0.15, 0.2) is 23.3 Å². The van der Waals surface area contributed by atoms with Crippen molar-refractivity contribution in [2.75, 3.05) is 32.8 Å². The first-order valence-electron chi connectivity index (χ1n) is 9.95. The normalized spacial score (nSPS) is 24.6. The number of rotatable bonds is 10. The molecule has 0 bridgehead atoms. The van der Waals surface area contributed by atoms with E-state index in [-0.39, 0.29) is 5.54 Å². The molecule has 0 aliphatic carbocycles. The first-order chi connectivity index (χ1) is 11.4. The zero-order valence-corrected chi connectivity index (χ0v) is 16.9. The smallest absolute Gasteiger partial charge is 0.0514 e. The maximum Gasteiger partial charge on any atom is 0.0514 e. The van der Waals surface area contributed by atoms with Crippen LogP contribution in [0, 0.1) is 0 Å². The lowest BCUT2D eigenvalue weighted by molar-refractivity contribution is 0.0511. The second-order valence-electron chi connectivity index (χ2n) is 7.87. The SMILES string of the molecule is CC=C(CCCC)CN1CN(CC(=CC)CCCC)CC(C)(N)C1. The molecule has 0 aromatic heterocycles. The van der Waals surface area contributed by atoms with Crippen molar-refractivity contribution in [3.63, 3.8) is 0 Å². The van der Waals surface area contributed by atoms with Gasteiger partial charge in [0.05, 0.1) is 6.67 Å². The molecule has 1 rings (SSSR count). The summed E-state index contributed by atoms with van der Waals surface area (Å²) in [7, 11) is 0. The molecule has 1 heterocycles. The van der Waals surface area contributed by atoms with Crippen molar-refractivity contribution in [3.05, 3.63) is 23.3 Å². The Bertz CT molecular complexity index is 373. The van der Waals surface area contributed by atoms with Crippen molar-refractivity contribution in [1.82, 2.24) is 9.80 Å². The maximum absolute atomic E-state index is 6.57. The predicted octanol–water partition coefficient (Wildman–Crippen LogP) is 4.55. The van der Waals surface area contributed by atoms with E-state index in [1.807, 2.05) is 0 Å². The number of allylic oxidation sites excluding steroid dienone is 2. The van der Waals surface area contributed by atoms with E-state index in [4.69, 9.17) is 5.73 Å². The van der Waals surface area contributed by atoms with Crippen LogP contribution in [-0.4, -0.2) is 48.2 Å². The van der Waals surface area contributed by atoms with E-state index in [9.17, 15) is 0 Å². The van der Waals surface area contributed by atoms with E-state index in [2.05, 4.69) is 56.6 Å². The van der Waals surface area contributed by atoms with E-state index in [0.29, 0.717) is 0 Å². The Labute approximate surface area is 151 Å². The standard InChI is InChI=1S/C21H41N3/c1-6-10-12-19(8-3)14-23-16-21(5,22)17-24(18-23)15-20(9-4)13-11-7-2/h8-9H,6-7,10-18,22H2,1-5H3. The van der Waals surface area contributed by atoms with E-state index < -0.39 is 0 Å². The van der Waals surface area contributed by atoms with Crippen LogP contribution in [0.5, 0.6) is 0 Å². The van der Waals surface area contributed by atoms with Gasteiger partial charge in [-0.1, -0.05) is 50.0 Å². The average molecular weight is 336 g/mol. The molecule has 0 unspecified atom stereocenters. The van der Waals surface area contributed by atoms with Gasteiger partial charge < -0.3 is 5.73 Å². The molecule has 0 radical (unpaired) electrons.